The molecular formula is C13H17NO2. The van der Waals surface area contributed by atoms with Crippen molar-refractivity contribution in [3.05, 3.63) is 35.9 Å². The van der Waals surface area contributed by atoms with E-state index in [0.29, 0.717) is 0 Å². The van der Waals surface area contributed by atoms with Gasteiger partial charge in [0.1, 0.15) is 6.04 Å². The SMILES string of the molecule is O=C([O-])[C@@H]1CCC[NH+]1CCc1ccccc1. The first-order valence-electron chi connectivity index (χ1n) is 5.87. The minimum Gasteiger partial charge on any atom is -0.544 e. The van der Waals surface area contributed by atoms with Gasteiger partial charge in [-0.1, -0.05) is 30.3 Å². The number of aliphatic carboxylic acids is 1. The maximum atomic E-state index is 10.9. The second kappa shape index (κ2) is 5.12. The van der Waals surface area contributed by atoms with E-state index in [2.05, 4.69) is 12.1 Å². The third-order valence-corrected chi connectivity index (χ3v) is 3.35. The second-order valence-corrected chi connectivity index (χ2v) is 4.41. The molecule has 1 N–H and O–H groups in total. The van der Waals surface area contributed by atoms with Gasteiger partial charge < -0.3 is 14.8 Å². The zero-order valence-corrected chi connectivity index (χ0v) is 9.32. The number of nitrogens with one attached hydrogen (secondary N) is 1. The molecule has 0 saturated carbocycles. The van der Waals surface area contributed by atoms with Crippen LogP contribution in [0.3, 0.4) is 0 Å². The molecule has 0 aromatic heterocycles. The number of carboxylic acid groups (broad SMARTS) is 1. The Morgan fingerprint density at radius 2 is 2.12 bits per heavy atom. The number of hydrogen-bond acceptors (Lipinski definition) is 2. The molecule has 2 atom stereocenters. The maximum absolute atomic E-state index is 10.9. The summed E-state index contributed by atoms with van der Waals surface area (Å²) in [6.45, 7) is 1.86. The Morgan fingerprint density at radius 1 is 1.38 bits per heavy atom. The second-order valence-electron chi connectivity index (χ2n) is 4.41. The van der Waals surface area contributed by atoms with Gasteiger partial charge in [0, 0.05) is 19.3 Å². The molecule has 1 aliphatic heterocycles. The molecule has 0 bridgehead atoms. The van der Waals surface area contributed by atoms with E-state index in [-0.39, 0.29) is 6.04 Å². The van der Waals surface area contributed by atoms with Gasteiger partial charge in [-0.05, 0) is 5.56 Å². The van der Waals surface area contributed by atoms with Crippen LogP contribution in [0.5, 0.6) is 0 Å². The van der Waals surface area contributed by atoms with E-state index in [9.17, 15) is 9.90 Å². The van der Waals surface area contributed by atoms with Crippen LogP contribution in [0.25, 0.3) is 0 Å². The maximum Gasteiger partial charge on any atom is 0.128 e. The lowest BCUT2D eigenvalue weighted by atomic mass is 10.1. The summed E-state index contributed by atoms with van der Waals surface area (Å²) >= 11 is 0. The largest absolute Gasteiger partial charge is 0.544 e. The Kier molecular flexibility index (Phi) is 3.57. The van der Waals surface area contributed by atoms with E-state index in [4.69, 9.17) is 0 Å². The molecule has 0 spiro atoms. The smallest absolute Gasteiger partial charge is 0.128 e. The van der Waals surface area contributed by atoms with Gasteiger partial charge in [0.15, 0.2) is 0 Å². The van der Waals surface area contributed by atoms with Crippen molar-refractivity contribution < 1.29 is 14.8 Å². The van der Waals surface area contributed by atoms with Crippen LogP contribution in [0.2, 0.25) is 0 Å². The molecule has 0 amide bonds. The van der Waals surface area contributed by atoms with Gasteiger partial charge in [-0.2, -0.15) is 0 Å². The van der Waals surface area contributed by atoms with Crippen molar-refractivity contribution in [1.82, 2.24) is 0 Å². The molecule has 0 radical (unpaired) electrons. The Morgan fingerprint density at radius 3 is 2.81 bits per heavy atom. The number of quaternary nitrogens is 1. The average Bonchev–Trinajstić information content (AvgIpc) is 2.76. The molecule has 86 valence electrons. The number of hydrogen-bond donors (Lipinski definition) is 1. The molecule has 1 aliphatic rings. The lowest BCUT2D eigenvalue weighted by Gasteiger charge is -2.21. The quantitative estimate of drug-likeness (QED) is 0.708. The zero-order valence-electron chi connectivity index (χ0n) is 9.32. The Bertz CT molecular complexity index is 350. The lowest BCUT2D eigenvalue weighted by molar-refractivity contribution is -0.905. The number of carbonyl (C=O) groups is 1. The zero-order chi connectivity index (χ0) is 11.4. The number of likely N-dealkylation sites (tertiary alicyclic amines) is 1. The summed E-state index contributed by atoms with van der Waals surface area (Å²) in [7, 11) is 0. The van der Waals surface area contributed by atoms with Gasteiger partial charge in [0.2, 0.25) is 0 Å². The van der Waals surface area contributed by atoms with E-state index in [1.54, 1.807) is 0 Å². The van der Waals surface area contributed by atoms with Crippen LogP contribution >= 0.6 is 0 Å². The Labute approximate surface area is 95.7 Å². The fraction of sp³-hybridized carbons (Fsp3) is 0.462. The standard InChI is InChI=1S/C13H17NO2/c15-13(16)12-7-4-9-14(12)10-8-11-5-2-1-3-6-11/h1-3,5-6,12H,4,7-10H2,(H,15,16)/t12-/m0/s1. The van der Waals surface area contributed by atoms with Gasteiger partial charge >= 0.3 is 0 Å². The van der Waals surface area contributed by atoms with Crippen LogP contribution < -0.4 is 10.0 Å². The minimum atomic E-state index is -0.888. The van der Waals surface area contributed by atoms with Crippen molar-refractivity contribution >= 4 is 5.97 Å². The van der Waals surface area contributed by atoms with Crippen molar-refractivity contribution in [2.45, 2.75) is 25.3 Å². The summed E-state index contributed by atoms with van der Waals surface area (Å²) in [5.74, 6) is -0.888. The van der Waals surface area contributed by atoms with Crippen molar-refractivity contribution in [2.24, 2.45) is 0 Å². The van der Waals surface area contributed by atoms with Crippen molar-refractivity contribution in [2.75, 3.05) is 13.1 Å². The number of carboxylic acids is 1. The first-order valence-corrected chi connectivity index (χ1v) is 5.87. The van der Waals surface area contributed by atoms with Gasteiger partial charge in [0.05, 0.1) is 19.1 Å². The summed E-state index contributed by atoms with van der Waals surface area (Å²) in [5.41, 5.74) is 1.28. The molecule has 3 nitrogen and oxygen atoms in total. The van der Waals surface area contributed by atoms with E-state index >= 15 is 0 Å². The summed E-state index contributed by atoms with van der Waals surface area (Å²) in [5, 5.41) is 10.9. The number of benzene rings is 1. The fourth-order valence-corrected chi connectivity index (χ4v) is 2.44. The first-order chi connectivity index (χ1) is 7.77. The molecule has 16 heavy (non-hydrogen) atoms. The van der Waals surface area contributed by atoms with Crippen molar-refractivity contribution in [3.63, 3.8) is 0 Å². The Balaban J connectivity index is 1.88. The van der Waals surface area contributed by atoms with Crippen LogP contribution in [-0.4, -0.2) is 25.1 Å². The highest BCUT2D eigenvalue weighted by Gasteiger charge is 2.28. The normalized spacial score (nSPS) is 24.5. The van der Waals surface area contributed by atoms with Gasteiger partial charge in [-0.15, -0.1) is 0 Å². The number of carbonyl (C=O) groups excluding carboxylic acids is 1. The molecule has 1 aromatic rings. The highest BCUT2D eigenvalue weighted by Crippen LogP contribution is 2.01. The van der Waals surface area contributed by atoms with Gasteiger partial charge in [0.25, 0.3) is 0 Å². The van der Waals surface area contributed by atoms with Crippen molar-refractivity contribution in [3.8, 4) is 0 Å². The fourth-order valence-electron chi connectivity index (χ4n) is 2.44. The summed E-state index contributed by atoms with van der Waals surface area (Å²) in [4.78, 5) is 12.1. The monoisotopic (exact) mass is 219 g/mol. The van der Waals surface area contributed by atoms with Crippen LogP contribution in [0.4, 0.5) is 0 Å². The predicted molar refractivity (Wildman–Crippen MR) is 58.9 cm³/mol. The van der Waals surface area contributed by atoms with Crippen LogP contribution in [0.1, 0.15) is 18.4 Å². The van der Waals surface area contributed by atoms with Crippen molar-refractivity contribution in [1.29, 1.82) is 0 Å². The molecule has 1 fully saturated rings. The van der Waals surface area contributed by atoms with Crippen LogP contribution in [0.15, 0.2) is 30.3 Å². The highest BCUT2D eigenvalue weighted by molar-refractivity contribution is 5.69. The summed E-state index contributed by atoms with van der Waals surface area (Å²) in [6.07, 6.45) is 2.72. The van der Waals surface area contributed by atoms with Gasteiger partial charge in [-0.25, -0.2) is 0 Å². The minimum absolute atomic E-state index is 0.288. The molecule has 1 saturated heterocycles. The highest BCUT2D eigenvalue weighted by atomic mass is 16.4. The van der Waals surface area contributed by atoms with Gasteiger partial charge in [-0.3, -0.25) is 0 Å². The van der Waals surface area contributed by atoms with E-state index in [0.717, 1.165) is 32.4 Å². The summed E-state index contributed by atoms with van der Waals surface area (Å²) in [6, 6.07) is 9.92. The van der Waals surface area contributed by atoms with Crippen LogP contribution in [0, 0.1) is 0 Å². The average molecular weight is 219 g/mol. The lowest BCUT2D eigenvalue weighted by Crippen LogP contribution is -3.15. The van der Waals surface area contributed by atoms with Crippen LogP contribution in [-0.2, 0) is 11.2 Å². The molecule has 1 aromatic carbocycles. The molecule has 2 rings (SSSR count). The Hall–Kier alpha value is -1.35. The summed E-state index contributed by atoms with van der Waals surface area (Å²) < 4.78 is 0. The molecular weight excluding hydrogens is 202 g/mol. The van der Waals surface area contributed by atoms with E-state index in [1.165, 1.54) is 10.5 Å². The topological polar surface area (TPSA) is 44.6 Å². The molecule has 1 heterocycles. The molecule has 0 aliphatic carbocycles. The molecule has 3 heteroatoms. The first kappa shape index (κ1) is 11.1. The molecule has 1 unspecified atom stereocenters. The third kappa shape index (κ3) is 2.61. The van der Waals surface area contributed by atoms with E-state index in [1.807, 2.05) is 18.2 Å². The van der Waals surface area contributed by atoms with E-state index < -0.39 is 5.97 Å². The number of rotatable bonds is 4. The predicted octanol–water partition coefficient (Wildman–Crippen LogP) is -0.974. The third-order valence-electron chi connectivity index (χ3n) is 3.35.